The minimum atomic E-state index is -0.511. The van der Waals surface area contributed by atoms with Crippen molar-refractivity contribution in [3.8, 4) is 0 Å². The maximum Gasteiger partial charge on any atom is 0.103 e. The minimum absolute atomic E-state index is 0.413. The van der Waals surface area contributed by atoms with Crippen LogP contribution < -0.4 is 0 Å². The molecule has 0 spiro atoms. The first-order valence-corrected chi connectivity index (χ1v) is 4.92. The van der Waals surface area contributed by atoms with E-state index in [2.05, 4.69) is 6.92 Å². The van der Waals surface area contributed by atoms with E-state index in [1.165, 1.54) is 12.8 Å². The Hall–Kier alpha value is -0.0700. The van der Waals surface area contributed by atoms with Crippen molar-refractivity contribution in [1.82, 2.24) is 0 Å². The molecule has 11 heavy (non-hydrogen) atoms. The second kappa shape index (κ2) is 4.08. The molecule has 0 aliphatic heterocycles. The Morgan fingerprint density at radius 3 is 2.45 bits per heavy atom. The first kappa shape index (κ1) is 9.02. The summed E-state index contributed by atoms with van der Waals surface area (Å²) in [7, 11) is 0. The first-order chi connectivity index (χ1) is 5.27. The van der Waals surface area contributed by atoms with Crippen LogP contribution in [0.1, 0.15) is 46.0 Å². The van der Waals surface area contributed by atoms with Gasteiger partial charge in [0.2, 0.25) is 0 Å². The van der Waals surface area contributed by atoms with E-state index in [9.17, 15) is 4.39 Å². The van der Waals surface area contributed by atoms with E-state index < -0.39 is 6.17 Å². The molecule has 1 atom stereocenters. The van der Waals surface area contributed by atoms with Gasteiger partial charge in [-0.2, -0.15) is 0 Å². The van der Waals surface area contributed by atoms with Gasteiger partial charge in [-0.05, 0) is 31.1 Å². The molecule has 1 aliphatic rings. The monoisotopic (exact) mass is 158 g/mol. The summed E-state index contributed by atoms with van der Waals surface area (Å²) in [6.45, 7) is 4.15. The molecule has 0 radical (unpaired) electrons. The van der Waals surface area contributed by atoms with Gasteiger partial charge in [0, 0.05) is 0 Å². The highest BCUT2D eigenvalue weighted by Crippen LogP contribution is 2.40. The van der Waals surface area contributed by atoms with Gasteiger partial charge >= 0.3 is 0 Å². The lowest BCUT2D eigenvalue weighted by molar-refractivity contribution is 0.0823. The number of alkyl halides is 1. The van der Waals surface area contributed by atoms with Crippen LogP contribution in [0.2, 0.25) is 0 Å². The van der Waals surface area contributed by atoms with Gasteiger partial charge in [0.15, 0.2) is 0 Å². The Labute approximate surface area is 69.2 Å². The number of rotatable bonds is 4. The Morgan fingerprint density at radius 1 is 1.36 bits per heavy atom. The van der Waals surface area contributed by atoms with E-state index >= 15 is 0 Å². The summed E-state index contributed by atoms with van der Waals surface area (Å²) < 4.78 is 13.0. The molecule has 0 N–H and O–H groups in total. The van der Waals surface area contributed by atoms with Crippen molar-refractivity contribution in [2.24, 2.45) is 11.8 Å². The third-order valence-corrected chi connectivity index (χ3v) is 2.87. The average molecular weight is 158 g/mol. The molecule has 1 fully saturated rings. The second-order valence-electron chi connectivity index (χ2n) is 3.81. The van der Waals surface area contributed by atoms with Gasteiger partial charge in [0.1, 0.15) is 6.17 Å². The summed E-state index contributed by atoms with van der Waals surface area (Å²) in [5.41, 5.74) is 0. The molecule has 0 amide bonds. The molecule has 1 heteroatoms. The molecule has 1 unspecified atom stereocenters. The van der Waals surface area contributed by atoms with Gasteiger partial charge in [-0.1, -0.05) is 26.7 Å². The first-order valence-electron chi connectivity index (χ1n) is 4.92. The van der Waals surface area contributed by atoms with Gasteiger partial charge in [0.25, 0.3) is 0 Å². The highest BCUT2D eigenvalue weighted by atomic mass is 19.1. The fraction of sp³-hybridized carbons (Fsp3) is 1.00. The van der Waals surface area contributed by atoms with Crippen molar-refractivity contribution >= 4 is 0 Å². The molecule has 1 saturated carbocycles. The van der Waals surface area contributed by atoms with Gasteiger partial charge in [-0.25, -0.2) is 4.39 Å². The molecule has 0 heterocycles. The lowest BCUT2D eigenvalue weighted by atomic mass is 9.70. The maximum atomic E-state index is 13.0. The average Bonchev–Trinajstić information content (AvgIpc) is 1.94. The van der Waals surface area contributed by atoms with Crippen molar-refractivity contribution < 1.29 is 4.39 Å². The third kappa shape index (κ3) is 2.18. The van der Waals surface area contributed by atoms with Crippen molar-refractivity contribution in [3.05, 3.63) is 0 Å². The predicted molar refractivity (Wildman–Crippen MR) is 46.3 cm³/mol. The van der Waals surface area contributed by atoms with Crippen LogP contribution in [-0.4, -0.2) is 6.17 Å². The van der Waals surface area contributed by atoms with Crippen LogP contribution in [0.25, 0.3) is 0 Å². The van der Waals surface area contributed by atoms with Crippen molar-refractivity contribution in [2.75, 3.05) is 0 Å². The van der Waals surface area contributed by atoms with E-state index in [0.717, 1.165) is 18.8 Å². The molecule has 0 saturated heterocycles. The van der Waals surface area contributed by atoms with Crippen LogP contribution in [0.4, 0.5) is 4.39 Å². The molecule has 0 aromatic carbocycles. The summed E-state index contributed by atoms with van der Waals surface area (Å²) in [6, 6.07) is 0. The number of hydrogen-bond acceptors (Lipinski definition) is 0. The molecule has 0 aromatic heterocycles. The molecule has 1 aliphatic carbocycles. The smallest absolute Gasteiger partial charge is 0.103 e. The summed E-state index contributed by atoms with van der Waals surface area (Å²) in [5.74, 6) is 1.27. The molecule has 0 bridgehead atoms. The van der Waals surface area contributed by atoms with Crippen molar-refractivity contribution in [1.29, 1.82) is 0 Å². The summed E-state index contributed by atoms with van der Waals surface area (Å²) >= 11 is 0. The second-order valence-corrected chi connectivity index (χ2v) is 3.81. The van der Waals surface area contributed by atoms with Crippen molar-refractivity contribution in [2.45, 2.75) is 52.1 Å². The van der Waals surface area contributed by atoms with Crippen LogP contribution in [0.3, 0.4) is 0 Å². The molecule has 1 rings (SSSR count). The number of halogens is 1. The van der Waals surface area contributed by atoms with Gasteiger partial charge in [-0.15, -0.1) is 0 Å². The SMILES string of the molecule is CCCC1CC(C(F)CC)C1. The standard InChI is InChI=1S/C10H19F/c1-3-5-8-6-9(7-8)10(11)4-2/h8-10H,3-7H2,1-2H3. The fourth-order valence-electron chi connectivity index (χ4n) is 2.06. The predicted octanol–water partition coefficient (Wildman–Crippen LogP) is 3.56. The van der Waals surface area contributed by atoms with Crippen LogP contribution in [0.15, 0.2) is 0 Å². The Kier molecular flexibility index (Phi) is 3.35. The highest BCUT2D eigenvalue weighted by Gasteiger charge is 2.33. The van der Waals surface area contributed by atoms with E-state index in [1.54, 1.807) is 0 Å². The van der Waals surface area contributed by atoms with Gasteiger partial charge < -0.3 is 0 Å². The van der Waals surface area contributed by atoms with Gasteiger partial charge in [-0.3, -0.25) is 0 Å². The zero-order valence-corrected chi connectivity index (χ0v) is 7.65. The molecular formula is C10H19F. The van der Waals surface area contributed by atoms with Crippen LogP contribution in [-0.2, 0) is 0 Å². The minimum Gasteiger partial charge on any atom is -0.247 e. The van der Waals surface area contributed by atoms with E-state index in [-0.39, 0.29) is 0 Å². The Bertz CT molecular complexity index is 105. The third-order valence-electron chi connectivity index (χ3n) is 2.87. The number of hydrogen-bond donors (Lipinski definition) is 0. The summed E-state index contributed by atoms with van der Waals surface area (Å²) in [4.78, 5) is 0. The lowest BCUT2D eigenvalue weighted by Gasteiger charge is -2.37. The van der Waals surface area contributed by atoms with E-state index in [0.29, 0.717) is 12.3 Å². The molecule has 66 valence electrons. The zero-order chi connectivity index (χ0) is 8.27. The molecule has 0 nitrogen and oxygen atoms in total. The summed E-state index contributed by atoms with van der Waals surface area (Å²) in [5, 5.41) is 0. The zero-order valence-electron chi connectivity index (χ0n) is 7.65. The normalized spacial score (nSPS) is 33.0. The maximum absolute atomic E-state index is 13.0. The van der Waals surface area contributed by atoms with E-state index in [1.807, 2.05) is 6.92 Å². The van der Waals surface area contributed by atoms with Crippen LogP contribution in [0, 0.1) is 11.8 Å². The Morgan fingerprint density at radius 2 is 2.00 bits per heavy atom. The van der Waals surface area contributed by atoms with Gasteiger partial charge in [0.05, 0.1) is 0 Å². The van der Waals surface area contributed by atoms with E-state index in [4.69, 9.17) is 0 Å². The lowest BCUT2D eigenvalue weighted by Crippen LogP contribution is -2.30. The Balaban J connectivity index is 2.08. The van der Waals surface area contributed by atoms with Crippen LogP contribution in [0.5, 0.6) is 0 Å². The molecule has 0 aromatic rings. The molecular weight excluding hydrogens is 139 g/mol. The fourth-order valence-corrected chi connectivity index (χ4v) is 2.06. The quantitative estimate of drug-likeness (QED) is 0.587. The topological polar surface area (TPSA) is 0 Å². The highest BCUT2D eigenvalue weighted by molar-refractivity contribution is 4.83. The van der Waals surface area contributed by atoms with Crippen LogP contribution >= 0.6 is 0 Å². The largest absolute Gasteiger partial charge is 0.247 e. The summed E-state index contributed by atoms with van der Waals surface area (Å²) in [6.07, 6.45) is 5.09. The van der Waals surface area contributed by atoms with Crippen molar-refractivity contribution in [3.63, 3.8) is 0 Å².